The fourth-order valence-corrected chi connectivity index (χ4v) is 3.12. The molecule has 0 unspecified atom stereocenters. The molecule has 6 nitrogen and oxygen atoms in total. The second-order valence-corrected chi connectivity index (χ2v) is 5.76. The van der Waals surface area contributed by atoms with Gasteiger partial charge in [-0.15, -0.1) is 0 Å². The van der Waals surface area contributed by atoms with E-state index in [9.17, 15) is 9.59 Å². The normalized spacial score (nSPS) is 32.4. The smallest absolute Gasteiger partial charge is 0.235 e. The van der Waals surface area contributed by atoms with Gasteiger partial charge in [0.15, 0.2) is 5.78 Å². The number of aromatic nitrogens is 2. The van der Waals surface area contributed by atoms with E-state index >= 15 is 0 Å². The fraction of sp³-hybridized carbons (Fsp3) is 0.643. The third kappa shape index (κ3) is 2.57. The first-order valence-corrected chi connectivity index (χ1v) is 7.07. The molecule has 1 saturated heterocycles. The molecule has 0 amide bonds. The molecule has 2 fully saturated rings. The molecule has 6 heteroatoms. The lowest BCUT2D eigenvalue weighted by atomic mass is 9.78. The van der Waals surface area contributed by atoms with Crippen molar-refractivity contribution in [3.05, 3.63) is 18.2 Å². The van der Waals surface area contributed by atoms with Crippen LogP contribution >= 0.6 is 0 Å². The second-order valence-electron chi connectivity index (χ2n) is 5.76. The number of nitrogens with one attached hydrogen (secondary N) is 2. The van der Waals surface area contributed by atoms with Crippen molar-refractivity contribution in [1.82, 2.24) is 15.3 Å². The van der Waals surface area contributed by atoms with Gasteiger partial charge in [-0.3, -0.25) is 4.79 Å². The Hall–Kier alpha value is -1.78. The van der Waals surface area contributed by atoms with Crippen LogP contribution in [0.4, 0.5) is 0 Å². The highest BCUT2D eigenvalue weighted by atomic mass is 16.1. The Morgan fingerprint density at radius 1 is 1.45 bits per heavy atom. The van der Waals surface area contributed by atoms with Gasteiger partial charge in [-0.2, -0.15) is 0 Å². The molecule has 0 bridgehead atoms. The van der Waals surface area contributed by atoms with E-state index in [1.807, 2.05) is 6.20 Å². The van der Waals surface area contributed by atoms with Gasteiger partial charge in [0.2, 0.25) is 6.08 Å². The highest BCUT2D eigenvalue weighted by Crippen LogP contribution is 2.34. The van der Waals surface area contributed by atoms with Crippen LogP contribution in [0.3, 0.4) is 0 Å². The van der Waals surface area contributed by atoms with Gasteiger partial charge in [-0.25, -0.2) is 14.8 Å². The summed E-state index contributed by atoms with van der Waals surface area (Å²) < 4.78 is 0. The molecule has 1 aromatic rings. The van der Waals surface area contributed by atoms with Gasteiger partial charge in [-0.1, -0.05) is 0 Å². The second kappa shape index (κ2) is 5.31. The van der Waals surface area contributed by atoms with Gasteiger partial charge in [0.05, 0.1) is 23.6 Å². The van der Waals surface area contributed by atoms with Crippen molar-refractivity contribution in [3.8, 4) is 0 Å². The number of aliphatic imine (C=N–C) groups is 1. The minimum Gasteiger partial charge on any atom is -0.351 e. The van der Waals surface area contributed by atoms with E-state index in [4.69, 9.17) is 0 Å². The topological polar surface area (TPSA) is 97.1 Å². The summed E-state index contributed by atoms with van der Waals surface area (Å²) in [4.78, 5) is 33.8. The number of isocyanates is 1. The van der Waals surface area contributed by atoms with Gasteiger partial charge < -0.3 is 10.3 Å². The van der Waals surface area contributed by atoms with E-state index in [1.54, 1.807) is 12.4 Å². The molecule has 1 aromatic heterocycles. The van der Waals surface area contributed by atoms with E-state index in [0.29, 0.717) is 12.2 Å². The Morgan fingerprint density at radius 2 is 2.20 bits per heavy atom. The number of aromatic amines is 1. The molecule has 2 N–H and O–H groups in total. The van der Waals surface area contributed by atoms with Crippen molar-refractivity contribution in [1.29, 1.82) is 0 Å². The third-order valence-electron chi connectivity index (χ3n) is 4.42. The van der Waals surface area contributed by atoms with Gasteiger partial charge in [0.1, 0.15) is 0 Å². The molecule has 0 spiro atoms. The predicted octanol–water partition coefficient (Wildman–Crippen LogP) is 0.758. The summed E-state index contributed by atoms with van der Waals surface area (Å²) >= 11 is 0. The molecule has 1 aliphatic heterocycles. The van der Waals surface area contributed by atoms with Crippen LogP contribution in [0.25, 0.3) is 0 Å². The Kier molecular flexibility index (Phi) is 3.51. The quantitative estimate of drug-likeness (QED) is 0.470. The molecule has 0 radical (unpaired) electrons. The number of nitrogens with zero attached hydrogens (tertiary/aromatic N) is 2. The first kappa shape index (κ1) is 13.2. The van der Waals surface area contributed by atoms with Crippen LogP contribution in [0.1, 0.15) is 31.4 Å². The van der Waals surface area contributed by atoms with Crippen molar-refractivity contribution in [2.24, 2.45) is 10.9 Å². The number of imidazole rings is 1. The molecular weight excluding hydrogens is 256 g/mol. The first-order valence-electron chi connectivity index (χ1n) is 7.07. The molecule has 1 aliphatic carbocycles. The van der Waals surface area contributed by atoms with E-state index in [1.165, 1.54) is 0 Å². The fourth-order valence-electron chi connectivity index (χ4n) is 3.12. The van der Waals surface area contributed by atoms with Gasteiger partial charge in [-0.05, 0) is 25.7 Å². The van der Waals surface area contributed by atoms with Crippen molar-refractivity contribution >= 4 is 11.9 Å². The number of H-pyrrole nitrogens is 1. The highest BCUT2D eigenvalue weighted by molar-refractivity contribution is 5.94. The summed E-state index contributed by atoms with van der Waals surface area (Å²) in [5.74, 6) is 0.385. The Morgan fingerprint density at radius 3 is 2.75 bits per heavy atom. The minimum atomic E-state index is -0.402. The molecule has 1 saturated carbocycles. The molecule has 1 atom stereocenters. The van der Waals surface area contributed by atoms with E-state index < -0.39 is 5.54 Å². The number of rotatable bonds is 5. The zero-order valence-electron chi connectivity index (χ0n) is 11.3. The summed E-state index contributed by atoms with van der Waals surface area (Å²) in [5, 5.41) is 3.23. The Bertz CT molecular complexity index is 521. The highest BCUT2D eigenvalue weighted by Gasteiger charge is 2.51. The van der Waals surface area contributed by atoms with Gasteiger partial charge >= 0.3 is 0 Å². The van der Waals surface area contributed by atoms with E-state index in [0.717, 1.165) is 37.9 Å². The van der Waals surface area contributed by atoms with Crippen LogP contribution in [-0.2, 0) is 16.0 Å². The third-order valence-corrected chi connectivity index (χ3v) is 4.42. The number of Topliss-reactive ketones (excluding diaryl/α,β-unsaturated/α-hetero) is 1. The van der Waals surface area contributed by atoms with Crippen LogP contribution in [0.5, 0.6) is 0 Å². The first-order chi connectivity index (χ1) is 9.73. The van der Waals surface area contributed by atoms with Crippen molar-refractivity contribution < 1.29 is 9.59 Å². The summed E-state index contributed by atoms with van der Waals surface area (Å²) in [7, 11) is 0. The molecule has 2 aliphatic rings. The zero-order chi connectivity index (χ0) is 14.0. The molecule has 3 rings (SSSR count). The predicted molar refractivity (Wildman–Crippen MR) is 71.9 cm³/mol. The number of hydrogen-bond acceptors (Lipinski definition) is 5. The minimum absolute atomic E-state index is 0.0611. The Balaban J connectivity index is 1.60. The molecule has 106 valence electrons. The average Bonchev–Trinajstić information content (AvgIpc) is 3.06. The van der Waals surface area contributed by atoms with Crippen LogP contribution in [-0.4, -0.2) is 40.0 Å². The summed E-state index contributed by atoms with van der Waals surface area (Å²) in [6.45, 7) is 0.741. The number of ketones is 1. The molecule has 0 aromatic carbocycles. The van der Waals surface area contributed by atoms with E-state index in [2.05, 4.69) is 20.3 Å². The summed E-state index contributed by atoms with van der Waals surface area (Å²) in [6.07, 6.45) is 9.01. The maximum Gasteiger partial charge on any atom is 0.235 e. The van der Waals surface area contributed by atoms with Gasteiger partial charge in [0, 0.05) is 25.1 Å². The largest absolute Gasteiger partial charge is 0.351 e. The van der Waals surface area contributed by atoms with Crippen LogP contribution in [0.2, 0.25) is 0 Å². The maximum atomic E-state index is 12.7. The zero-order valence-corrected chi connectivity index (χ0v) is 11.3. The standard InChI is InChI=1S/C14H18N4O2/c19-9-17-11-3-1-10(2-4-11)13(20)14(7-18-14)5-12-6-15-8-16-12/h6,8,10-11,18H,1-5,7H2,(H,15,16)/t10?,11?,14-/m1/s1. The Labute approximate surface area is 117 Å². The average molecular weight is 274 g/mol. The van der Waals surface area contributed by atoms with Crippen LogP contribution in [0, 0.1) is 5.92 Å². The lowest BCUT2D eigenvalue weighted by molar-refractivity contribution is -0.126. The van der Waals surface area contributed by atoms with Gasteiger partial charge in [0.25, 0.3) is 0 Å². The lowest BCUT2D eigenvalue weighted by Crippen LogP contribution is -2.38. The summed E-state index contributed by atoms with van der Waals surface area (Å²) in [5.41, 5.74) is 0.517. The van der Waals surface area contributed by atoms with Crippen molar-refractivity contribution in [3.63, 3.8) is 0 Å². The number of carbonyl (C=O) groups excluding carboxylic acids is 2. The molecule has 2 heterocycles. The lowest BCUT2D eigenvalue weighted by Gasteiger charge is -2.27. The number of hydrogen-bond donors (Lipinski definition) is 2. The number of carbonyl (C=O) groups is 1. The van der Waals surface area contributed by atoms with Crippen LogP contribution in [0.15, 0.2) is 17.5 Å². The monoisotopic (exact) mass is 274 g/mol. The van der Waals surface area contributed by atoms with Crippen molar-refractivity contribution in [2.45, 2.75) is 43.7 Å². The SMILES string of the molecule is O=C=NC1CCC(C(=O)[C@@]2(Cc3c[nH]cn3)CN2)CC1. The maximum absolute atomic E-state index is 12.7. The molecule has 20 heavy (non-hydrogen) atoms. The summed E-state index contributed by atoms with van der Waals surface area (Å²) in [6, 6.07) is 0.0611. The van der Waals surface area contributed by atoms with Crippen molar-refractivity contribution in [2.75, 3.05) is 6.54 Å². The molecular formula is C14H18N4O2. The van der Waals surface area contributed by atoms with E-state index in [-0.39, 0.29) is 12.0 Å². The van der Waals surface area contributed by atoms with Crippen LogP contribution < -0.4 is 5.32 Å².